The van der Waals surface area contributed by atoms with Gasteiger partial charge in [0.1, 0.15) is 11.4 Å². The number of aromatic nitrogens is 1. The molecule has 4 rings (SSSR count). The molecule has 1 aromatic heterocycles. The highest BCUT2D eigenvalue weighted by atomic mass is 32.2. The van der Waals surface area contributed by atoms with Gasteiger partial charge in [-0.3, -0.25) is 9.52 Å². The van der Waals surface area contributed by atoms with Crippen molar-refractivity contribution in [3.05, 3.63) is 71.6 Å². The van der Waals surface area contributed by atoms with E-state index >= 15 is 0 Å². The molecule has 7 nitrogen and oxygen atoms in total. The SMILES string of the molecule is Cc1noc(/C=C\c2ccc(S(=O)(=O)Nc3ccccc3)cc2)c1NC(=O)C1CC1. The van der Waals surface area contributed by atoms with Crippen LogP contribution in [0.5, 0.6) is 0 Å². The van der Waals surface area contributed by atoms with E-state index in [0.717, 1.165) is 18.4 Å². The predicted molar refractivity (Wildman–Crippen MR) is 115 cm³/mol. The Labute approximate surface area is 174 Å². The molecule has 2 N–H and O–H groups in total. The molecule has 0 atom stereocenters. The molecular formula is C22H21N3O4S. The highest BCUT2D eigenvalue weighted by Crippen LogP contribution is 2.32. The van der Waals surface area contributed by atoms with Crippen molar-refractivity contribution in [3.63, 3.8) is 0 Å². The van der Waals surface area contributed by atoms with Crippen molar-refractivity contribution in [1.29, 1.82) is 0 Å². The smallest absolute Gasteiger partial charge is 0.261 e. The third kappa shape index (κ3) is 4.60. The van der Waals surface area contributed by atoms with Gasteiger partial charge < -0.3 is 9.84 Å². The number of nitrogens with one attached hydrogen (secondary N) is 2. The summed E-state index contributed by atoms with van der Waals surface area (Å²) < 4.78 is 32.9. The van der Waals surface area contributed by atoms with Gasteiger partial charge in [-0.05, 0) is 55.7 Å². The number of rotatable bonds is 7. The fourth-order valence-corrected chi connectivity index (χ4v) is 3.93. The van der Waals surface area contributed by atoms with E-state index in [9.17, 15) is 13.2 Å². The Morgan fingerprint density at radius 3 is 2.43 bits per heavy atom. The van der Waals surface area contributed by atoms with Gasteiger partial charge in [0.05, 0.1) is 4.90 Å². The molecule has 1 aliphatic carbocycles. The number of carbonyl (C=O) groups excluding carboxylic acids is 1. The zero-order chi connectivity index (χ0) is 21.1. The quantitative estimate of drug-likeness (QED) is 0.590. The van der Waals surface area contributed by atoms with Gasteiger partial charge in [-0.2, -0.15) is 0 Å². The molecule has 1 heterocycles. The van der Waals surface area contributed by atoms with Crippen molar-refractivity contribution in [2.75, 3.05) is 10.0 Å². The van der Waals surface area contributed by atoms with Crippen LogP contribution in [-0.4, -0.2) is 19.5 Å². The number of anilines is 2. The first-order valence-corrected chi connectivity index (χ1v) is 11.0. The normalized spacial score (nSPS) is 14.0. The number of hydrogen-bond donors (Lipinski definition) is 2. The summed E-state index contributed by atoms with van der Waals surface area (Å²) >= 11 is 0. The fourth-order valence-electron chi connectivity index (χ4n) is 2.87. The van der Waals surface area contributed by atoms with Crippen molar-refractivity contribution in [3.8, 4) is 0 Å². The van der Waals surface area contributed by atoms with E-state index in [1.54, 1.807) is 55.5 Å². The standard InChI is InChI=1S/C22H21N3O4S/c1-15-21(23-22(26)17-10-11-17)20(29-24-15)14-9-16-7-12-19(13-8-16)30(27,28)25-18-5-3-2-4-6-18/h2-9,12-14,17,25H,10-11H2,1H3,(H,23,26)/b14-9-. The number of aryl methyl sites for hydroxylation is 1. The molecule has 0 radical (unpaired) electrons. The van der Waals surface area contributed by atoms with Gasteiger partial charge in [-0.1, -0.05) is 41.6 Å². The summed E-state index contributed by atoms with van der Waals surface area (Å²) in [4.78, 5) is 12.2. The minimum absolute atomic E-state index is 0.0172. The summed E-state index contributed by atoms with van der Waals surface area (Å²) in [6, 6.07) is 15.2. The molecule has 154 valence electrons. The van der Waals surface area contributed by atoms with Crippen molar-refractivity contribution in [1.82, 2.24) is 5.16 Å². The molecule has 1 aliphatic rings. The molecule has 0 bridgehead atoms. The number of carbonyl (C=O) groups is 1. The van der Waals surface area contributed by atoms with E-state index in [0.29, 0.717) is 22.8 Å². The molecule has 0 saturated heterocycles. The van der Waals surface area contributed by atoms with Gasteiger partial charge >= 0.3 is 0 Å². The first-order chi connectivity index (χ1) is 14.4. The van der Waals surface area contributed by atoms with E-state index in [-0.39, 0.29) is 16.7 Å². The van der Waals surface area contributed by atoms with Gasteiger partial charge in [0.15, 0.2) is 5.76 Å². The van der Waals surface area contributed by atoms with Crippen LogP contribution < -0.4 is 10.0 Å². The lowest BCUT2D eigenvalue weighted by Gasteiger charge is -2.08. The van der Waals surface area contributed by atoms with E-state index < -0.39 is 10.0 Å². The van der Waals surface area contributed by atoms with Crippen LogP contribution >= 0.6 is 0 Å². The van der Waals surface area contributed by atoms with Gasteiger partial charge in [0.25, 0.3) is 10.0 Å². The number of benzene rings is 2. The molecule has 2 aromatic carbocycles. The first kappa shape index (κ1) is 19.9. The van der Waals surface area contributed by atoms with Crippen LogP contribution in [0.1, 0.15) is 29.9 Å². The number of sulfonamides is 1. The van der Waals surface area contributed by atoms with Gasteiger partial charge in [0.2, 0.25) is 5.91 Å². The average Bonchev–Trinajstić information content (AvgIpc) is 3.53. The molecule has 3 aromatic rings. The summed E-state index contributed by atoms with van der Waals surface area (Å²) in [6.07, 6.45) is 5.30. The predicted octanol–water partition coefficient (Wildman–Crippen LogP) is 4.30. The van der Waals surface area contributed by atoms with Gasteiger partial charge in [0, 0.05) is 11.6 Å². The molecular weight excluding hydrogens is 402 g/mol. The summed E-state index contributed by atoms with van der Waals surface area (Å²) in [5.41, 5.74) is 2.46. The van der Waals surface area contributed by atoms with E-state index in [1.165, 1.54) is 12.1 Å². The van der Waals surface area contributed by atoms with E-state index in [2.05, 4.69) is 15.2 Å². The molecule has 0 aliphatic heterocycles. The molecule has 1 amide bonds. The summed E-state index contributed by atoms with van der Waals surface area (Å²) in [7, 11) is -3.67. The largest absolute Gasteiger partial charge is 0.354 e. The average molecular weight is 423 g/mol. The summed E-state index contributed by atoms with van der Waals surface area (Å²) in [5, 5.41) is 6.79. The molecule has 1 fully saturated rings. The lowest BCUT2D eigenvalue weighted by atomic mass is 10.2. The third-order valence-corrected chi connectivity index (χ3v) is 6.13. The topological polar surface area (TPSA) is 101 Å². The minimum Gasteiger partial charge on any atom is -0.354 e. The molecule has 8 heteroatoms. The second-order valence-corrected chi connectivity index (χ2v) is 8.83. The number of hydrogen-bond acceptors (Lipinski definition) is 5. The molecule has 1 saturated carbocycles. The molecule has 0 unspecified atom stereocenters. The van der Waals surface area contributed by atoms with Crippen molar-refractivity contribution in [2.24, 2.45) is 5.92 Å². The van der Waals surface area contributed by atoms with Crippen LogP contribution in [0.2, 0.25) is 0 Å². The lowest BCUT2D eigenvalue weighted by molar-refractivity contribution is -0.117. The summed E-state index contributed by atoms with van der Waals surface area (Å²) in [5.74, 6) is 0.510. The maximum atomic E-state index is 12.5. The second-order valence-electron chi connectivity index (χ2n) is 7.14. The fraction of sp³-hybridized carbons (Fsp3) is 0.182. The monoisotopic (exact) mass is 423 g/mol. The lowest BCUT2D eigenvalue weighted by Crippen LogP contribution is -2.14. The van der Waals surface area contributed by atoms with Crippen LogP contribution in [0.4, 0.5) is 11.4 Å². The first-order valence-electron chi connectivity index (χ1n) is 9.55. The van der Waals surface area contributed by atoms with Crippen LogP contribution in [0.25, 0.3) is 12.2 Å². The Morgan fingerprint density at radius 1 is 1.07 bits per heavy atom. The third-order valence-electron chi connectivity index (χ3n) is 4.73. The zero-order valence-corrected chi connectivity index (χ0v) is 17.1. The van der Waals surface area contributed by atoms with Crippen molar-refractivity contribution < 1.29 is 17.7 Å². The minimum atomic E-state index is -3.67. The Bertz CT molecular complexity index is 1180. The maximum absolute atomic E-state index is 12.5. The second kappa shape index (κ2) is 8.16. The zero-order valence-electron chi connectivity index (χ0n) is 16.3. The van der Waals surface area contributed by atoms with E-state index in [4.69, 9.17) is 4.52 Å². The van der Waals surface area contributed by atoms with Crippen LogP contribution in [0, 0.1) is 12.8 Å². The van der Waals surface area contributed by atoms with Gasteiger partial charge in [-0.15, -0.1) is 0 Å². The number of nitrogens with zero attached hydrogens (tertiary/aromatic N) is 1. The number of amides is 1. The highest BCUT2D eigenvalue weighted by molar-refractivity contribution is 7.92. The maximum Gasteiger partial charge on any atom is 0.261 e. The van der Waals surface area contributed by atoms with Crippen molar-refractivity contribution >= 4 is 39.5 Å². The van der Waals surface area contributed by atoms with Crippen LogP contribution in [0.3, 0.4) is 0 Å². The molecule has 0 spiro atoms. The van der Waals surface area contributed by atoms with Gasteiger partial charge in [-0.25, -0.2) is 8.42 Å². The van der Waals surface area contributed by atoms with Crippen molar-refractivity contribution in [2.45, 2.75) is 24.7 Å². The molecule has 30 heavy (non-hydrogen) atoms. The van der Waals surface area contributed by atoms with Crippen LogP contribution in [-0.2, 0) is 14.8 Å². The van der Waals surface area contributed by atoms with E-state index in [1.807, 2.05) is 6.07 Å². The Hall–Kier alpha value is -3.39. The Morgan fingerprint density at radius 2 is 1.77 bits per heavy atom. The van der Waals surface area contributed by atoms with Crippen LogP contribution in [0.15, 0.2) is 64.0 Å². The summed E-state index contributed by atoms with van der Waals surface area (Å²) in [6.45, 7) is 1.77. The Kier molecular flexibility index (Phi) is 5.41. The highest BCUT2D eigenvalue weighted by Gasteiger charge is 2.30. The Balaban J connectivity index is 1.47. The number of para-hydroxylation sites is 1.